The van der Waals surface area contributed by atoms with Crippen LogP contribution in [0.5, 0.6) is 0 Å². The minimum atomic E-state index is -0.475. The molecule has 0 unspecified atom stereocenters. The SMILES string of the molecule is Cc1nc2ccccc2c(C)c1CC(=O)OCC(=O)Nc1cccc2nsnc12. The summed E-state index contributed by atoms with van der Waals surface area (Å²) in [5.41, 5.74) is 5.37. The lowest BCUT2D eigenvalue weighted by Crippen LogP contribution is -2.22. The van der Waals surface area contributed by atoms with E-state index in [4.69, 9.17) is 4.74 Å². The molecule has 7 nitrogen and oxygen atoms in total. The van der Waals surface area contributed by atoms with Gasteiger partial charge < -0.3 is 10.1 Å². The van der Waals surface area contributed by atoms with Crippen molar-refractivity contribution in [1.29, 1.82) is 0 Å². The zero-order chi connectivity index (χ0) is 20.4. The summed E-state index contributed by atoms with van der Waals surface area (Å²) in [5, 5.41) is 3.72. The fraction of sp³-hybridized carbons (Fsp3) is 0.190. The first kappa shape index (κ1) is 18.9. The average molecular weight is 406 g/mol. The molecule has 0 radical (unpaired) electrons. The highest BCUT2D eigenvalue weighted by Crippen LogP contribution is 2.23. The number of carbonyl (C=O) groups excluding carboxylic acids is 2. The quantitative estimate of drug-likeness (QED) is 0.509. The van der Waals surface area contributed by atoms with Crippen LogP contribution >= 0.6 is 11.7 Å². The molecule has 0 fully saturated rings. The molecule has 0 spiro atoms. The number of fused-ring (bicyclic) bond motifs is 2. The Morgan fingerprint density at radius 3 is 2.69 bits per heavy atom. The van der Waals surface area contributed by atoms with Crippen LogP contribution in [-0.4, -0.2) is 32.2 Å². The van der Waals surface area contributed by atoms with Crippen molar-refractivity contribution < 1.29 is 14.3 Å². The van der Waals surface area contributed by atoms with Crippen LogP contribution in [0.25, 0.3) is 21.9 Å². The second kappa shape index (κ2) is 7.92. The summed E-state index contributed by atoms with van der Waals surface area (Å²) in [7, 11) is 0. The summed E-state index contributed by atoms with van der Waals surface area (Å²) < 4.78 is 13.5. The van der Waals surface area contributed by atoms with Gasteiger partial charge in [-0.3, -0.25) is 14.6 Å². The zero-order valence-electron chi connectivity index (χ0n) is 15.9. The van der Waals surface area contributed by atoms with Crippen LogP contribution < -0.4 is 5.32 Å². The topological polar surface area (TPSA) is 94.1 Å². The highest BCUT2D eigenvalue weighted by atomic mass is 32.1. The van der Waals surface area contributed by atoms with Crippen molar-refractivity contribution in [2.24, 2.45) is 0 Å². The van der Waals surface area contributed by atoms with Crippen LogP contribution in [0.2, 0.25) is 0 Å². The van der Waals surface area contributed by atoms with Crippen molar-refractivity contribution in [3.63, 3.8) is 0 Å². The molecule has 0 aliphatic carbocycles. The van der Waals surface area contributed by atoms with Gasteiger partial charge in [0, 0.05) is 11.1 Å². The number of aromatic nitrogens is 3. The summed E-state index contributed by atoms with van der Waals surface area (Å²) in [6.45, 7) is 3.47. The Hall–Kier alpha value is -3.39. The van der Waals surface area contributed by atoms with Gasteiger partial charge in [-0.05, 0) is 43.2 Å². The number of esters is 1. The number of carbonyl (C=O) groups is 2. The van der Waals surface area contributed by atoms with Gasteiger partial charge in [-0.2, -0.15) is 8.75 Å². The fourth-order valence-electron chi connectivity index (χ4n) is 3.27. The summed E-state index contributed by atoms with van der Waals surface area (Å²) in [6.07, 6.45) is 0.0639. The van der Waals surface area contributed by atoms with E-state index in [2.05, 4.69) is 19.0 Å². The maximum Gasteiger partial charge on any atom is 0.310 e. The molecular formula is C21H18N4O3S. The van der Waals surface area contributed by atoms with Crippen molar-refractivity contribution in [3.8, 4) is 0 Å². The number of hydrogen-bond donors (Lipinski definition) is 1. The average Bonchev–Trinajstić information content (AvgIpc) is 3.19. The third kappa shape index (κ3) is 3.93. The second-order valence-corrected chi connectivity index (χ2v) is 7.17. The summed E-state index contributed by atoms with van der Waals surface area (Å²) in [6, 6.07) is 13.1. The number of aryl methyl sites for hydroxylation is 2. The Balaban J connectivity index is 1.41. The standard InChI is InChI=1S/C21H18N4O3S/c1-12-14-6-3-4-7-16(14)22-13(2)15(12)10-20(27)28-11-19(26)23-17-8-5-9-18-21(17)25-29-24-18/h3-9H,10-11H2,1-2H3,(H,23,26). The number of rotatable bonds is 5. The van der Waals surface area contributed by atoms with Gasteiger partial charge in [-0.25, -0.2) is 0 Å². The number of amides is 1. The Kier molecular flexibility index (Phi) is 5.18. The van der Waals surface area contributed by atoms with Crippen LogP contribution in [0, 0.1) is 13.8 Å². The predicted octanol–water partition coefficient (Wildman–Crippen LogP) is 3.58. The van der Waals surface area contributed by atoms with Gasteiger partial charge in [0.2, 0.25) is 0 Å². The van der Waals surface area contributed by atoms with Gasteiger partial charge in [-0.1, -0.05) is 24.3 Å². The third-order valence-corrected chi connectivity index (χ3v) is 5.27. The van der Waals surface area contributed by atoms with E-state index in [1.165, 1.54) is 0 Å². The van der Waals surface area contributed by atoms with Gasteiger partial charge in [0.1, 0.15) is 11.0 Å². The minimum Gasteiger partial charge on any atom is -0.455 e. The molecule has 2 heterocycles. The van der Waals surface area contributed by atoms with Gasteiger partial charge in [-0.15, -0.1) is 0 Å². The van der Waals surface area contributed by atoms with Crippen LogP contribution in [0.4, 0.5) is 5.69 Å². The fourth-order valence-corrected chi connectivity index (χ4v) is 3.82. The summed E-state index contributed by atoms with van der Waals surface area (Å²) >= 11 is 1.07. The first-order chi connectivity index (χ1) is 14.0. The zero-order valence-corrected chi connectivity index (χ0v) is 16.7. The summed E-state index contributed by atoms with van der Waals surface area (Å²) in [4.78, 5) is 29.1. The Bertz CT molecular complexity index is 1240. The van der Waals surface area contributed by atoms with E-state index in [9.17, 15) is 9.59 Å². The van der Waals surface area contributed by atoms with E-state index < -0.39 is 11.9 Å². The number of hydrogen-bond acceptors (Lipinski definition) is 7. The Morgan fingerprint density at radius 2 is 1.83 bits per heavy atom. The molecule has 29 heavy (non-hydrogen) atoms. The van der Waals surface area contributed by atoms with Crippen LogP contribution in [0.15, 0.2) is 42.5 Å². The molecule has 0 saturated heterocycles. The first-order valence-electron chi connectivity index (χ1n) is 9.04. The van der Waals surface area contributed by atoms with Crippen molar-refractivity contribution in [3.05, 3.63) is 59.3 Å². The smallest absolute Gasteiger partial charge is 0.310 e. The number of nitrogens with one attached hydrogen (secondary N) is 1. The molecular weight excluding hydrogens is 388 g/mol. The lowest BCUT2D eigenvalue weighted by molar-refractivity contribution is -0.146. The van der Waals surface area contributed by atoms with Gasteiger partial charge >= 0.3 is 5.97 Å². The van der Waals surface area contributed by atoms with E-state index in [1.807, 2.05) is 44.2 Å². The number of para-hydroxylation sites is 1. The van der Waals surface area contributed by atoms with Crippen molar-refractivity contribution in [2.75, 3.05) is 11.9 Å². The number of benzene rings is 2. The van der Waals surface area contributed by atoms with E-state index in [0.717, 1.165) is 39.5 Å². The Morgan fingerprint density at radius 1 is 1.03 bits per heavy atom. The molecule has 1 amide bonds. The summed E-state index contributed by atoms with van der Waals surface area (Å²) in [5.74, 6) is -0.902. The molecule has 0 atom stereocenters. The van der Waals surface area contributed by atoms with Crippen molar-refractivity contribution in [1.82, 2.24) is 13.7 Å². The van der Waals surface area contributed by atoms with Gasteiger partial charge in [0.25, 0.3) is 5.91 Å². The molecule has 0 bridgehead atoms. The maximum atomic E-state index is 12.3. The molecule has 2 aromatic heterocycles. The van der Waals surface area contributed by atoms with Crippen LogP contribution in [0.1, 0.15) is 16.8 Å². The van der Waals surface area contributed by atoms with E-state index >= 15 is 0 Å². The monoisotopic (exact) mass is 406 g/mol. The molecule has 146 valence electrons. The molecule has 8 heteroatoms. The number of ether oxygens (including phenoxy) is 1. The minimum absolute atomic E-state index is 0.0639. The Labute approximate surface area is 171 Å². The number of anilines is 1. The molecule has 0 aliphatic rings. The van der Waals surface area contributed by atoms with Crippen LogP contribution in [-0.2, 0) is 20.7 Å². The molecule has 2 aromatic carbocycles. The molecule has 0 saturated carbocycles. The number of pyridine rings is 1. The lowest BCUT2D eigenvalue weighted by atomic mass is 10.00. The highest BCUT2D eigenvalue weighted by Gasteiger charge is 2.16. The normalized spacial score (nSPS) is 11.0. The first-order valence-corrected chi connectivity index (χ1v) is 9.77. The molecule has 4 rings (SSSR count). The predicted molar refractivity (Wildman–Crippen MR) is 112 cm³/mol. The van der Waals surface area contributed by atoms with E-state index in [1.54, 1.807) is 12.1 Å². The second-order valence-electron chi connectivity index (χ2n) is 6.64. The van der Waals surface area contributed by atoms with Crippen LogP contribution in [0.3, 0.4) is 0 Å². The third-order valence-electron chi connectivity index (χ3n) is 4.73. The van der Waals surface area contributed by atoms with Gasteiger partial charge in [0.15, 0.2) is 6.61 Å². The van der Waals surface area contributed by atoms with Gasteiger partial charge in [0.05, 0.1) is 29.4 Å². The molecule has 4 aromatic rings. The van der Waals surface area contributed by atoms with E-state index in [-0.39, 0.29) is 13.0 Å². The molecule has 0 aliphatic heterocycles. The largest absolute Gasteiger partial charge is 0.455 e. The maximum absolute atomic E-state index is 12.3. The molecule has 1 N–H and O–H groups in total. The van der Waals surface area contributed by atoms with Crippen molar-refractivity contribution in [2.45, 2.75) is 20.3 Å². The van der Waals surface area contributed by atoms with E-state index in [0.29, 0.717) is 16.7 Å². The number of nitrogens with zero attached hydrogens (tertiary/aromatic N) is 3. The lowest BCUT2D eigenvalue weighted by Gasteiger charge is -2.12. The van der Waals surface area contributed by atoms with Crippen molar-refractivity contribution >= 4 is 51.2 Å². The highest BCUT2D eigenvalue weighted by molar-refractivity contribution is 7.00.